The second-order valence-corrected chi connectivity index (χ2v) is 8.89. The van der Waals surface area contributed by atoms with Gasteiger partial charge in [0, 0.05) is 48.8 Å². The first-order valence-electron chi connectivity index (χ1n) is 8.77. The zero-order valence-corrected chi connectivity index (χ0v) is 19.2. The number of rotatable bonds is 3. The Balaban J connectivity index is 0.00000338. The summed E-state index contributed by atoms with van der Waals surface area (Å²) in [5, 5.41) is 7.45. The molecule has 2 heterocycles. The molecule has 0 bridgehead atoms. The SMILES string of the molecule is Cn1cc([C@H]2[C@H](CN=C(N)NC(C)(C)C)CC(=O)N2C(C)(C)C)cn1.I. The van der Waals surface area contributed by atoms with E-state index in [1.54, 1.807) is 4.68 Å². The van der Waals surface area contributed by atoms with Crippen LogP contribution in [0, 0.1) is 5.92 Å². The zero-order valence-electron chi connectivity index (χ0n) is 16.9. The summed E-state index contributed by atoms with van der Waals surface area (Å²) in [6.45, 7) is 12.8. The highest BCUT2D eigenvalue weighted by Gasteiger charge is 2.45. The van der Waals surface area contributed by atoms with E-state index in [9.17, 15) is 4.79 Å². The molecule has 0 saturated carbocycles. The van der Waals surface area contributed by atoms with Gasteiger partial charge in [-0.3, -0.25) is 14.5 Å². The number of guanidine groups is 1. The molecule has 2 rings (SSSR count). The van der Waals surface area contributed by atoms with Crippen LogP contribution in [0.2, 0.25) is 0 Å². The lowest BCUT2D eigenvalue weighted by Crippen LogP contribution is -2.45. The molecule has 7 nitrogen and oxygen atoms in total. The standard InChI is InChI=1S/C18H32N6O.HI/c1-17(2,3)22-16(19)20-9-12-8-14(25)24(18(4,5)6)15(12)13-10-21-23(7)11-13;/h10-12,15H,8-9H2,1-7H3,(H3,19,20,22);1H/t12-,15+;/m0./s1. The van der Waals surface area contributed by atoms with E-state index in [0.29, 0.717) is 18.9 Å². The topological polar surface area (TPSA) is 88.5 Å². The maximum absolute atomic E-state index is 12.7. The Labute approximate surface area is 173 Å². The van der Waals surface area contributed by atoms with Crippen LogP contribution < -0.4 is 11.1 Å². The van der Waals surface area contributed by atoms with Gasteiger partial charge in [0.15, 0.2) is 5.96 Å². The average Bonchev–Trinajstić information content (AvgIpc) is 2.97. The fourth-order valence-corrected chi connectivity index (χ4v) is 3.41. The number of carbonyl (C=O) groups is 1. The van der Waals surface area contributed by atoms with Gasteiger partial charge in [-0.05, 0) is 41.5 Å². The highest BCUT2D eigenvalue weighted by molar-refractivity contribution is 14.0. The van der Waals surface area contributed by atoms with Crippen molar-refractivity contribution in [1.29, 1.82) is 0 Å². The van der Waals surface area contributed by atoms with Crippen LogP contribution in [-0.2, 0) is 11.8 Å². The van der Waals surface area contributed by atoms with Crippen LogP contribution in [0.5, 0.6) is 0 Å². The van der Waals surface area contributed by atoms with Crippen LogP contribution in [0.15, 0.2) is 17.4 Å². The van der Waals surface area contributed by atoms with Gasteiger partial charge in [0.1, 0.15) is 0 Å². The molecule has 26 heavy (non-hydrogen) atoms. The van der Waals surface area contributed by atoms with Crippen molar-refractivity contribution in [2.24, 2.45) is 23.7 Å². The number of aromatic nitrogens is 2. The third-order valence-corrected chi connectivity index (χ3v) is 4.22. The molecular weight excluding hydrogens is 443 g/mol. The Morgan fingerprint density at radius 3 is 2.42 bits per heavy atom. The molecule has 1 aliphatic heterocycles. The fourth-order valence-electron chi connectivity index (χ4n) is 3.41. The Kier molecular flexibility index (Phi) is 7.11. The van der Waals surface area contributed by atoms with Gasteiger partial charge in [-0.1, -0.05) is 0 Å². The number of likely N-dealkylation sites (tertiary alicyclic amines) is 1. The number of hydrogen-bond acceptors (Lipinski definition) is 3. The van der Waals surface area contributed by atoms with Gasteiger partial charge in [0.05, 0.1) is 12.2 Å². The Morgan fingerprint density at radius 1 is 1.35 bits per heavy atom. The van der Waals surface area contributed by atoms with E-state index in [1.807, 2.05) is 45.1 Å². The number of nitrogens with zero attached hydrogens (tertiary/aromatic N) is 4. The molecule has 1 amide bonds. The molecule has 1 saturated heterocycles. The van der Waals surface area contributed by atoms with E-state index < -0.39 is 0 Å². The Hall–Kier alpha value is -1.32. The maximum atomic E-state index is 12.7. The molecule has 0 aliphatic carbocycles. The Bertz CT molecular complexity index is 655. The lowest BCUT2D eigenvalue weighted by Gasteiger charge is -2.38. The monoisotopic (exact) mass is 476 g/mol. The van der Waals surface area contributed by atoms with Crippen LogP contribution >= 0.6 is 24.0 Å². The van der Waals surface area contributed by atoms with Gasteiger partial charge >= 0.3 is 0 Å². The molecule has 2 atom stereocenters. The summed E-state index contributed by atoms with van der Waals surface area (Å²) in [5.41, 5.74) is 6.65. The number of aryl methyl sites for hydroxylation is 1. The number of nitrogens with two attached hydrogens (primary N) is 1. The van der Waals surface area contributed by atoms with Crippen LogP contribution in [0.25, 0.3) is 0 Å². The lowest BCUT2D eigenvalue weighted by molar-refractivity contribution is -0.133. The minimum Gasteiger partial charge on any atom is -0.370 e. The van der Waals surface area contributed by atoms with Gasteiger partial charge in [-0.15, -0.1) is 24.0 Å². The summed E-state index contributed by atoms with van der Waals surface area (Å²) in [6.07, 6.45) is 4.30. The predicted octanol–water partition coefficient (Wildman–Crippen LogP) is 2.43. The van der Waals surface area contributed by atoms with E-state index in [4.69, 9.17) is 5.73 Å². The number of carbonyl (C=O) groups excluding carboxylic acids is 1. The highest BCUT2D eigenvalue weighted by Crippen LogP contribution is 2.42. The molecule has 1 fully saturated rings. The van der Waals surface area contributed by atoms with Crippen molar-refractivity contribution in [3.63, 3.8) is 0 Å². The van der Waals surface area contributed by atoms with Crippen LogP contribution in [0.4, 0.5) is 0 Å². The second-order valence-electron chi connectivity index (χ2n) is 8.89. The molecule has 3 N–H and O–H groups in total. The molecule has 1 aromatic rings. The van der Waals surface area contributed by atoms with Gasteiger partial charge in [-0.2, -0.15) is 5.10 Å². The number of aliphatic imine (C=N–C) groups is 1. The predicted molar refractivity (Wildman–Crippen MR) is 115 cm³/mol. The van der Waals surface area contributed by atoms with Gasteiger partial charge in [0.25, 0.3) is 0 Å². The number of hydrogen-bond donors (Lipinski definition) is 2. The fraction of sp³-hybridized carbons (Fsp3) is 0.722. The molecule has 0 radical (unpaired) electrons. The Morgan fingerprint density at radius 2 is 1.96 bits per heavy atom. The summed E-state index contributed by atoms with van der Waals surface area (Å²) in [7, 11) is 1.89. The summed E-state index contributed by atoms with van der Waals surface area (Å²) >= 11 is 0. The summed E-state index contributed by atoms with van der Waals surface area (Å²) in [4.78, 5) is 19.2. The first kappa shape index (κ1) is 22.7. The third-order valence-electron chi connectivity index (χ3n) is 4.22. The lowest BCUT2D eigenvalue weighted by atomic mass is 9.93. The summed E-state index contributed by atoms with van der Waals surface area (Å²) in [6, 6.07) is -0.0348. The molecule has 1 aliphatic rings. The van der Waals surface area contributed by atoms with Gasteiger partial charge in [0.2, 0.25) is 5.91 Å². The van der Waals surface area contributed by atoms with Crippen molar-refractivity contribution in [3.05, 3.63) is 18.0 Å². The quantitative estimate of drug-likeness (QED) is 0.399. The zero-order chi connectivity index (χ0) is 19.0. The number of halogens is 1. The van der Waals surface area contributed by atoms with Crippen molar-refractivity contribution < 1.29 is 4.79 Å². The molecule has 0 spiro atoms. The first-order chi connectivity index (χ1) is 11.4. The van der Waals surface area contributed by atoms with E-state index in [0.717, 1.165) is 5.56 Å². The van der Waals surface area contributed by atoms with Crippen molar-refractivity contribution in [2.75, 3.05) is 6.54 Å². The van der Waals surface area contributed by atoms with Crippen molar-refractivity contribution in [1.82, 2.24) is 20.0 Å². The first-order valence-corrected chi connectivity index (χ1v) is 8.77. The van der Waals surface area contributed by atoms with Crippen molar-refractivity contribution in [3.8, 4) is 0 Å². The van der Waals surface area contributed by atoms with E-state index >= 15 is 0 Å². The maximum Gasteiger partial charge on any atom is 0.223 e. The largest absolute Gasteiger partial charge is 0.370 e. The molecule has 1 aromatic heterocycles. The minimum absolute atomic E-state index is 0. The van der Waals surface area contributed by atoms with Crippen LogP contribution in [0.1, 0.15) is 59.6 Å². The number of nitrogens with one attached hydrogen (secondary N) is 1. The van der Waals surface area contributed by atoms with Crippen LogP contribution in [-0.4, -0.2) is 44.2 Å². The van der Waals surface area contributed by atoms with E-state index in [2.05, 4.69) is 36.2 Å². The van der Waals surface area contributed by atoms with Crippen molar-refractivity contribution in [2.45, 2.75) is 65.1 Å². The van der Waals surface area contributed by atoms with Crippen LogP contribution in [0.3, 0.4) is 0 Å². The van der Waals surface area contributed by atoms with E-state index in [-0.39, 0.29) is 52.9 Å². The number of amides is 1. The molecule has 148 valence electrons. The molecule has 0 unspecified atom stereocenters. The second kappa shape index (κ2) is 8.14. The summed E-state index contributed by atoms with van der Waals surface area (Å²) < 4.78 is 1.77. The molecule has 8 heteroatoms. The van der Waals surface area contributed by atoms with E-state index in [1.165, 1.54) is 0 Å². The highest BCUT2D eigenvalue weighted by atomic mass is 127. The average molecular weight is 476 g/mol. The van der Waals surface area contributed by atoms with Gasteiger partial charge < -0.3 is 16.0 Å². The normalized spacial score (nSPS) is 21.7. The molecule has 0 aromatic carbocycles. The molecular formula is C18H33IN6O. The smallest absolute Gasteiger partial charge is 0.223 e. The summed E-state index contributed by atoms with van der Waals surface area (Å²) in [5.74, 6) is 0.652. The van der Waals surface area contributed by atoms with Gasteiger partial charge in [-0.25, -0.2) is 0 Å². The minimum atomic E-state index is -0.259. The van der Waals surface area contributed by atoms with Crippen molar-refractivity contribution >= 4 is 35.8 Å². The third kappa shape index (κ3) is 5.59.